The molecule has 2 fully saturated rings. The molecule has 3 rings (SSSR count). The van der Waals surface area contributed by atoms with Crippen molar-refractivity contribution in [1.29, 1.82) is 0 Å². The van der Waals surface area contributed by atoms with E-state index >= 15 is 0 Å². The maximum Gasteiger partial charge on any atom is 0.193 e. The molecule has 1 unspecified atom stereocenters. The molecule has 0 aliphatic carbocycles. The van der Waals surface area contributed by atoms with Gasteiger partial charge in [0, 0.05) is 33.3 Å². The predicted molar refractivity (Wildman–Crippen MR) is 132 cm³/mol. The van der Waals surface area contributed by atoms with Crippen LogP contribution in [-0.4, -0.2) is 69.6 Å². The molecule has 1 atom stereocenters. The SMILES string of the molecule is CCOc1cccc(CCNC(=NC)N2CCC(OCC3CCCCO3)CC2)c1.I. The third-order valence-electron chi connectivity index (χ3n) is 5.65. The molecule has 7 heteroatoms. The van der Waals surface area contributed by atoms with Gasteiger partial charge in [0.2, 0.25) is 0 Å². The van der Waals surface area contributed by atoms with E-state index in [-0.39, 0.29) is 24.0 Å². The molecule has 0 aromatic heterocycles. The number of aliphatic imine (C=N–C) groups is 1. The first kappa shape index (κ1) is 25.2. The molecule has 2 saturated heterocycles. The monoisotopic (exact) mass is 531 g/mol. The van der Waals surface area contributed by atoms with Crippen LogP contribution in [-0.2, 0) is 15.9 Å². The van der Waals surface area contributed by atoms with Crippen LogP contribution in [0.5, 0.6) is 5.75 Å². The molecule has 0 spiro atoms. The Morgan fingerprint density at radius 1 is 1.23 bits per heavy atom. The lowest BCUT2D eigenvalue weighted by atomic mass is 10.1. The highest BCUT2D eigenvalue weighted by atomic mass is 127. The molecule has 1 N–H and O–H groups in total. The van der Waals surface area contributed by atoms with E-state index < -0.39 is 0 Å². The molecule has 0 saturated carbocycles. The van der Waals surface area contributed by atoms with Gasteiger partial charge in [-0.3, -0.25) is 4.99 Å². The Kier molecular flexibility index (Phi) is 11.8. The first-order valence-electron chi connectivity index (χ1n) is 11.2. The Morgan fingerprint density at radius 2 is 2.07 bits per heavy atom. The number of rotatable bonds is 8. The molecule has 0 radical (unpaired) electrons. The maximum absolute atomic E-state index is 6.13. The van der Waals surface area contributed by atoms with E-state index in [1.807, 2.05) is 20.0 Å². The molecule has 1 aromatic rings. The second-order valence-corrected chi connectivity index (χ2v) is 7.81. The average molecular weight is 531 g/mol. The molecule has 2 aliphatic heterocycles. The molecule has 170 valence electrons. The van der Waals surface area contributed by atoms with Crippen molar-refractivity contribution in [3.63, 3.8) is 0 Å². The second kappa shape index (κ2) is 14.1. The van der Waals surface area contributed by atoms with Crippen molar-refractivity contribution in [1.82, 2.24) is 10.2 Å². The summed E-state index contributed by atoms with van der Waals surface area (Å²) >= 11 is 0. The summed E-state index contributed by atoms with van der Waals surface area (Å²) in [4.78, 5) is 6.82. The van der Waals surface area contributed by atoms with Crippen LogP contribution in [0.1, 0.15) is 44.6 Å². The van der Waals surface area contributed by atoms with Crippen LogP contribution in [0.4, 0.5) is 0 Å². The highest BCUT2D eigenvalue weighted by Gasteiger charge is 2.23. The normalized spacial score (nSPS) is 20.5. The molecular formula is C23H38IN3O3. The van der Waals surface area contributed by atoms with Gasteiger partial charge in [0.05, 0.1) is 25.4 Å². The van der Waals surface area contributed by atoms with E-state index in [1.54, 1.807) is 0 Å². The molecule has 2 heterocycles. The quantitative estimate of drug-likeness (QED) is 0.314. The molecule has 6 nitrogen and oxygen atoms in total. The second-order valence-electron chi connectivity index (χ2n) is 7.81. The van der Waals surface area contributed by atoms with Crippen LogP contribution < -0.4 is 10.1 Å². The molecule has 2 aliphatic rings. The van der Waals surface area contributed by atoms with Crippen LogP contribution in [0.15, 0.2) is 29.3 Å². The minimum Gasteiger partial charge on any atom is -0.494 e. The number of nitrogens with zero attached hydrogens (tertiary/aromatic N) is 2. The Hall–Kier alpha value is -1.06. The lowest BCUT2D eigenvalue weighted by Crippen LogP contribution is -2.47. The molecule has 30 heavy (non-hydrogen) atoms. The summed E-state index contributed by atoms with van der Waals surface area (Å²) in [6.07, 6.45) is 7.29. The average Bonchev–Trinajstić information content (AvgIpc) is 2.77. The Labute approximate surface area is 198 Å². The van der Waals surface area contributed by atoms with Gasteiger partial charge in [-0.25, -0.2) is 0 Å². The first-order valence-corrected chi connectivity index (χ1v) is 11.2. The third-order valence-corrected chi connectivity index (χ3v) is 5.65. The van der Waals surface area contributed by atoms with E-state index in [9.17, 15) is 0 Å². The van der Waals surface area contributed by atoms with Crippen LogP contribution in [0, 0.1) is 0 Å². The van der Waals surface area contributed by atoms with Gasteiger partial charge in [0.25, 0.3) is 0 Å². The number of halogens is 1. The Bertz CT molecular complexity index is 630. The van der Waals surface area contributed by atoms with Crippen LogP contribution in [0.3, 0.4) is 0 Å². The number of ether oxygens (including phenoxy) is 3. The third kappa shape index (κ3) is 8.23. The van der Waals surface area contributed by atoms with E-state index in [0.29, 0.717) is 18.8 Å². The largest absolute Gasteiger partial charge is 0.494 e. The topological polar surface area (TPSA) is 55.3 Å². The number of nitrogens with one attached hydrogen (secondary N) is 1. The summed E-state index contributed by atoms with van der Waals surface area (Å²) < 4.78 is 17.5. The number of hydrogen-bond acceptors (Lipinski definition) is 4. The van der Waals surface area contributed by atoms with Crippen molar-refractivity contribution in [2.75, 3.05) is 46.5 Å². The smallest absolute Gasteiger partial charge is 0.193 e. The summed E-state index contributed by atoms with van der Waals surface area (Å²) in [7, 11) is 1.86. The fraction of sp³-hybridized carbons (Fsp3) is 0.696. The van der Waals surface area contributed by atoms with Gasteiger partial charge in [0.1, 0.15) is 5.75 Å². The maximum atomic E-state index is 6.13. The lowest BCUT2D eigenvalue weighted by Gasteiger charge is -2.35. The van der Waals surface area contributed by atoms with Gasteiger partial charge in [-0.1, -0.05) is 12.1 Å². The summed E-state index contributed by atoms with van der Waals surface area (Å²) in [5.41, 5.74) is 1.27. The highest BCUT2D eigenvalue weighted by Crippen LogP contribution is 2.18. The standard InChI is InChI=1S/C23H37N3O3.HI/c1-3-27-21-9-6-7-19(17-21)10-13-25-23(24-2)26-14-11-20(12-15-26)29-18-22-8-4-5-16-28-22;/h6-7,9,17,20,22H,3-5,8,10-16,18H2,1-2H3,(H,24,25);1H. The van der Waals surface area contributed by atoms with Crippen molar-refractivity contribution in [3.8, 4) is 5.75 Å². The van der Waals surface area contributed by atoms with Gasteiger partial charge >= 0.3 is 0 Å². The van der Waals surface area contributed by atoms with Gasteiger partial charge in [0.15, 0.2) is 5.96 Å². The van der Waals surface area contributed by atoms with E-state index in [2.05, 4.69) is 33.4 Å². The van der Waals surface area contributed by atoms with Gasteiger partial charge in [-0.05, 0) is 63.1 Å². The Morgan fingerprint density at radius 3 is 2.77 bits per heavy atom. The van der Waals surface area contributed by atoms with Gasteiger partial charge in [-0.15, -0.1) is 24.0 Å². The zero-order valence-corrected chi connectivity index (χ0v) is 20.8. The zero-order chi connectivity index (χ0) is 20.3. The van der Waals surface area contributed by atoms with E-state index in [0.717, 1.165) is 70.2 Å². The van der Waals surface area contributed by atoms with Crippen molar-refractivity contribution in [2.24, 2.45) is 4.99 Å². The lowest BCUT2D eigenvalue weighted by molar-refractivity contribution is -0.0721. The number of guanidine groups is 1. The minimum absolute atomic E-state index is 0. The number of hydrogen-bond donors (Lipinski definition) is 1. The predicted octanol–water partition coefficient (Wildman–Crippen LogP) is 3.87. The van der Waals surface area contributed by atoms with Gasteiger partial charge in [-0.2, -0.15) is 0 Å². The summed E-state index contributed by atoms with van der Waals surface area (Å²) in [5, 5.41) is 3.51. The first-order chi connectivity index (χ1) is 14.3. The fourth-order valence-electron chi connectivity index (χ4n) is 4.02. The molecule has 0 bridgehead atoms. The molecule has 1 aromatic carbocycles. The summed E-state index contributed by atoms with van der Waals surface area (Å²) in [6.45, 7) is 7.17. The Balaban J connectivity index is 0.00000320. The van der Waals surface area contributed by atoms with E-state index in [1.165, 1.54) is 18.4 Å². The summed E-state index contributed by atoms with van der Waals surface area (Å²) in [6, 6.07) is 8.32. The number of benzene rings is 1. The van der Waals surface area contributed by atoms with Crippen molar-refractivity contribution >= 4 is 29.9 Å². The van der Waals surface area contributed by atoms with Crippen LogP contribution >= 0.6 is 24.0 Å². The van der Waals surface area contributed by atoms with Crippen LogP contribution in [0.2, 0.25) is 0 Å². The molecule has 0 amide bonds. The highest BCUT2D eigenvalue weighted by molar-refractivity contribution is 14.0. The van der Waals surface area contributed by atoms with Crippen molar-refractivity contribution < 1.29 is 14.2 Å². The number of piperidine rings is 1. The fourth-order valence-corrected chi connectivity index (χ4v) is 4.02. The van der Waals surface area contributed by atoms with E-state index in [4.69, 9.17) is 14.2 Å². The van der Waals surface area contributed by atoms with Crippen molar-refractivity contribution in [3.05, 3.63) is 29.8 Å². The van der Waals surface area contributed by atoms with Gasteiger partial charge < -0.3 is 24.4 Å². The molecular weight excluding hydrogens is 493 g/mol. The van der Waals surface area contributed by atoms with Crippen LogP contribution in [0.25, 0.3) is 0 Å². The zero-order valence-electron chi connectivity index (χ0n) is 18.5. The summed E-state index contributed by atoms with van der Waals surface area (Å²) in [5.74, 6) is 1.93. The van der Waals surface area contributed by atoms with Crippen molar-refractivity contribution in [2.45, 2.75) is 57.7 Å². The number of likely N-dealkylation sites (tertiary alicyclic amines) is 1. The minimum atomic E-state index is 0.